The average molecular weight is 634 g/mol. The van der Waals surface area contributed by atoms with Crippen LogP contribution in [0.15, 0.2) is 165 Å². The molecule has 0 amide bonds. The quantitative estimate of drug-likeness (QED) is 0.194. The van der Waals surface area contributed by atoms with Crippen LogP contribution in [0.3, 0.4) is 0 Å². The van der Waals surface area contributed by atoms with Crippen molar-refractivity contribution in [3.8, 4) is 33.4 Å². The molecule has 0 saturated heterocycles. The Labute approximate surface area is 288 Å². The predicted molar refractivity (Wildman–Crippen MR) is 201 cm³/mol. The van der Waals surface area contributed by atoms with Crippen LogP contribution in [-0.4, -0.2) is 15.0 Å². The number of nitrogens with zero attached hydrogens (tertiary/aromatic N) is 3. The maximum Gasteiger partial charge on any atom is 0.0648 e. The van der Waals surface area contributed by atoms with Crippen molar-refractivity contribution in [1.29, 1.82) is 0 Å². The first-order valence-electron chi connectivity index (χ1n) is 17.2. The summed E-state index contributed by atoms with van der Waals surface area (Å²) in [6.45, 7) is 0. The summed E-state index contributed by atoms with van der Waals surface area (Å²) in [5.41, 5.74) is 14.8. The van der Waals surface area contributed by atoms with Gasteiger partial charge in [-0.1, -0.05) is 91.0 Å². The van der Waals surface area contributed by atoms with E-state index in [9.17, 15) is 0 Å². The van der Waals surface area contributed by atoms with Gasteiger partial charge in [0.25, 0.3) is 0 Å². The lowest BCUT2D eigenvalue weighted by Crippen LogP contribution is -2.42. The zero-order valence-electron chi connectivity index (χ0n) is 26.9. The van der Waals surface area contributed by atoms with Gasteiger partial charge in [0.05, 0.1) is 10.8 Å². The summed E-state index contributed by atoms with van der Waals surface area (Å²) in [6.07, 6.45) is 11.4. The Morgan fingerprint density at radius 3 is 0.860 bits per heavy atom. The van der Waals surface area contributed by atoms with Crippen LogP contribution in [0.25, 0.3) is 65.7 Å². The van der Waals surface area contributed by atoms with Crippen molar-refractivity contribution in [3.63, 3.8) is 0 Å². The normalized spacial score (nSPS) is 19.0. The first kappa shape index (κ1) is 26.5. The molecule has 50 heavy (non-hydrogen) atoms. The molecule has 9 aromatic rings. The fraction of sp³-hybridized carbons (Fsp3) is 0.0426. The van der Waals surface area contributed by atoms with Crippen molar-refractivity contribution < 1.29 is 0 Å². The van der Waals surface area contributed by atoms with Crippen LogP contribution in [0.1, 0.15) is 33.4 Å². The molecule has 0 atom stereocenters. The summed E-state index contributed by atoms with van der Waals surface area (Å²) in [5.74, 6) is 0. The second kappa shape index (κ2) is 9.16. The molecule has 0 spiro atoms. The molecule has 230 valence electrons. The first-order chi connectivity index (χ1) is 24.8. The molecule has 0 N–H and O–H groups in total. The van der Waals surface area contributed by atoms with E-state index in [0.717, 1.165) is 0 Å². The van der Waals surface area contributed by atoms with Crippen molar-refractivity contribution in [2.75, 3.05) is 0 Å². The van der Waals surface area contributed by atoms with Gasteiger partial charge < -0.3 is 0 Å². The number of rotatable bonds is 3. The van der Waals surface area contributed by atoms with E-state index in [1.807, 2.05) is 37.2 Å². The summed E-state index contributed by atoms with van der Waals surface area (Å²) in [7, 11) is 0. The number of hydrogen-bond donors (Lipinski definition) is 0. The van der Waals surface area contributed by atoms with Gasteiger partial charge in [0.2, 0.25) is 0 Å². The van der Waals surface area contributed by atoms with E-state index < -0.39 is 10.8 Å². The highest BCUT2D eigenvalue weighted by molar-refractivity contribution is 6.17. The summed E-state index contributed by atoms with van der Waals surface area (Å²) in [6, 6.07) is 48.3. The third kappa shape index (κ3) is 2.82. The molecule has 3 aromatic heterocycles. The molecule has 0 bridgehead atoms. The minimum absolute atomic E-state index is 0.441. The molecule has 3 heteroatoms. The monoisotopic (exact) mass is 633 g/mol. The number of pyridine rings is 3. The van der Waals surface area contributed by atoms with E-state index in [4.69, 9.17) is 0 Å². The van der Waals surface area contributed by atoms with E-state index in [2.05, 4.69) is 142 Å². The van der Waals surface area contributed by atoms with Crippen LogP contribution >= 0.6 is 0 Å². The van der Waals surface area contributed by atoms with Gasteiger partial charge in [-0.05, 0) is 135 Å². The molecule has 12 rings (SSSR count). The van der Waals surface area contributed by atoms with Crippen LogP contribution in [0.4, 0.5) is 0 Å². The zero-order valence-corrected chi connectivity index (χ0v) is 26.9. The maximum atomic E-state index is 4.33. The maximum absolute atomic E-state index is 4.33. The van der Waals surface area contributed by atoms with Gasteiger partial charge in [-0.25, -0.2) is 0 Å². The van der Waals surface area contributed by atoms with Crippen LogP contribution in [0, 0.1) is 0 Å². The molecule has 0 unspecified atom stereocenters. The minimum Gasteiger partial charge on any atom is -0.265 e. The van der Waals surface area contributed by atoms with Crippen molar-refractivity contribution in [2.45, 2.75) is 10.8 Å². The van der Waals surface area contributed by atoms with E-state index in [1.165, 1.54) is 99.1 Å². The van der Waals surface area contributed by atoms with E-state index >= 15 is 0 Å². The highest BCUT2D eigenvalue weighted by Crippen LogP contribution is 2.76. The standard InChI is InChI=1S/C47H27N3/c1-4-34-31(28-16-22-48-23-17-28)10-13-40-43(34)37(7-1)46-38-8-2-5-35-32(29-18-24-49-25-19-29)11-14-41(44(35)38)47(40,46)42-15-12-33(30-20-26-50-27-21-30)36-6-3-9-39(46)45(36)42/h1-27H. The number of benzene rings is 6. The van der Waals surface area contributed by atoms with E-state index in [-0.39, 0.29) is 0 Å². The second-order valence-electron chi connectivity index (χ2n) is 13.9. The number of aromatic nitrogens is 3. The fourth-order valence-electron chi connectivity index (χ4n) is 10.5. The van der Waals surface area contributed by atoms with Gasteiger partial charge in [-0.2, -0.15) is 0 Å². The fourth-order valence-corrected chi connectivity index (χ4v) is 10.5. The summed E-state index contributed by atoms with van der Waals surface area (Å²) >= 11 is 0. The molecule has 0 aliphatic heterocycles. The van der Waals surface area contributed by atoms with Crippen molar-refractivity contribution in [3.05, 3.63) is 198 Å². The molecule has 6 aromatic carbocycles. The molecule has 0 saturated carbocycles. The van der Waals surface area contributed by atoms with Gasteiger partial charge in [0.15, 0.2) is 0 Å². The lowest BCUT2D eigenvalue weighted by atomic mass is 9.59. The van der Waals surface area contributed by atoms with Gasteiger partial charge in [-0.15, -0.1) is 0 Å². The van der Waals surface area contributed by atoms with Gasteiger partial charge in [-0.3, -0.25) is 15.0 Å². The minimum atomic E-state index is -0.441. The SMILES string of the molecule is c1cc2c3c(ccc(-c4ccncc4)c3c1)C13c4ccc(-c5ccncc5)c5cccc(c45)C21c1cccc2c(-c4ccncc4)ccc3c12. The highest BCUT2D eigenvalue weighted by atomic mass is 14.7. The van der Waals surface area contributed by atoms with Gasteiger partial charge in [0, 0.05) is 37.2 Å². The van der Waals surface area contributed by atoms with Crippen LogP contribution < -0.4 is 0 Å². The first-order valence-corrected chi connectivity index (χ1v) is 17.2. The Morgan fingerprint density at radius 2 is 0.560 bits per heavy atom. The van der Waals surface area contributed by atoms with Crippen LogP contribution in [0.2, 0.25) is 0 Å². The topological polar surface area (TPSA) is 38.7 Å². The Balaban J connectivity index is 1.28. The highest BCUT2D eigenvalue weighted by Gasteiger charge is 2.70. The summed E-state index contributed by atoms with van der Waals surface area (Å²) in [4.78, 5) is 13.0. The van der Waals surface area contributed by atoms with E-state index in [0.29, 0.717) is 0 Å². The van der Waals surface area contributed by atoms with Gasteiger partial charge in [0.1, 0.15) is 0 Å². The molecule has 3 aliphatic carbocycles. The third-order valence-electron chi connectivity index (χ3n) is 12.1. The molecular weight excluding hydrogens is 607 g/mol. The smallest absolute Gasteiger partial charge is 0.0648 e. The molecule has 3 aliphatic rings. The lowest BCUT2D eigenvalue weighted by Gasteiger charge is -2.40. The van der Waals surface area contributed by atoms with Crippen molar-refractivity contribution in [1.82, 2.24) is 15.0 Å². The van der Waals surface area contributed by atoms with Gasteiger partial charge >= 0.3 is 0 Å². The average Bonchev–Trinajstić information content (AvgIpc) is 3.72. The van der Waals surface area contributed by atoms with Crippen molar-refractivity contribution in [2.24, 2.45) is 0 Å². The lowest BCUT2D eigenvalue weighted by molar-refractivity contribution is 0.492. The second-order valence-corrected chi connectivity index (χ2v) is 13.9. The Hall–Kier alpha value is -6.45. The summed E-state index contributed by atoms with van der Waals surface area (Å²) in [5, 5.41) is 8.03. The Morgan fingerprint density at radius 1 is 0.280 bits per heavy atom. The van der Waals surface area contributed by atoms with Crippen LogP contribution in [0.5, 0.6) is 0 Å². The molecule has 3 nitrogen and oxygen atoms in total. The Kier molecular flexibility index (Phi) is 4.85. The summed E-state index contributed by atoms with van der Waals surface area (Å²) < 4.78 is 0. The molecular formula is C47H27N3. The van der Waals surface area contributed by atoms with E-state index in [1.54, 1.807) is 0 Å². The Bertz CT molecular complexity index is 2560. The zero-order chi connectivity index (χ0) is 32.6. The predicted octanol–water partition coefficient (Wildman–Crippen LogP) is 10.6. The third-order valence-corrected chi connectivity index (χ3v) is 12.1. The molecule has 3 heterocycles. The van der Waals surface area contributed by atoms with Crippen molar-refractivity contribution >= 4 is 32.3 Å². The van der Waals surface area contributed by atoms with Crippen LogP contribution in [-0.2, 0) is 10.8 Å². The largest absolute Gasteiger partial charge is 0.265 e. The molecule has 0 fully saturated rings. The number of hydrogen-bond acceptors (Lipinski definition) is 3. The molecule has 0 radical (unpaired) electrons.